The molecular formula is C18H17ClFN3OS2. The number of thiophene rings is 1. The zero-order valence-corrected chi connectivity index (χ0v) is 16.8. The van der Waals surface area contributed by atoms with Crippen LogP contribution < -0.4 is 10.2 Å². The van der Waals surface area contributed by atoms with Crippen LogP contribution in [0.25, 0.3) is 0 Å². The van der Waals surface area contributed by atoms with Crippen molar-refractivity contribution in [3.05, 3.63) is 62.7 Å². The van der Waals surface area contributed by atoms with Crippen LogP contribution in [0.15, 0.2) is 46.3 Å². The van der Waals surface area contributed by atoms with E-state index in [9.17, 15) is 9.18 Å². The van der Waals surface area contributed by atoms with Gasteiger partial charge in [0.1, 0.15) is 5.82 Å². The van der Waals surface area contributed by atoms with Gasteiger partial charge in [-0.05, 0) is 59.7 Å². The first-order valence-corrected chi connectivity index (χ1v) is 9.54. The monoisotopic (exact) mass is 409 g/mol. The van der Waals surface area contributed by atoms with Crippen molar-refractivity contribution in [2.24, 2.45) is 0 Å². The average molecular weight is 410 g/mol. The molecule has 0 aliphatic carbocycles. The van der Waals surface area contributed by atoms with E-state index in [0.717, 1.165) is 5.56 Å². The number of thiocarbonyl (C=S) groups is 1. The highest BCUT2D eigenvalue weighted by atomic mass is 35.5. The Morgan fingerprint density at radius 3 is 2.69 bits per heavy atom. The summed E-state index contributed by atoms with van der Waals surface area (Å²) in [6, 6.07) is 5.99. The number of hydrogen-bond donors (Lipinski definition) is 1. The summed E-state index contributed by atoms with van der Waals surface area (Å²) in [6.45, 7) is 1.83. The number of anilines is 1. The zero-order valence-electron chi connectivity index (χ0n) is 14.4. The zero-order chi connectivity index (χ0) is 19.0. The molecule has 1 amide bonds. The molecule has 1 aliphatic heterocycles. The second-order valence-electron chi connectivity index (χ2n) is 6.07. The summed E-state index contributed by atoms with van der Waals surface area (Å²) in [4.78, 5) is 16.1. The van der Waals surface area contributed by atoms with Gasteiger partial charge in [-0.1, -0.05) is 11.6 Å². The SMILES string of the molecule is CC1=C(C(=O)N(C)C)C(c2ccsc2)NC(=S)N1c1ccc(F)c(Cl)c1. The number of carbonyl (C=O) groups is 1. The first-order valence-electron chi connectivity index (χ1n) is 7.81. The fraction of sp³-hybridized carbons (Fsp3) is 0.222. The molecule has 1 unspecified atom stereocenters. The number of rotatable bonds is 3. The Kier molecular flexibility index (Phi) is 5.32. The van der Waals surface area contributed by atoms with Crippen LogP contribution >= 0.6 is 35.2 Å². The molecule has 0 spiro atoms. The number of nitrogens with one attached hydrogen (secondary N) is 1. The molecular weight excluding hydrogens is 393 g/mol. The van der Waals surface area contributed by atoms with Crippen molar-refractivity contribution in [1.82, 2.24) is 10.2 Å². The molecule has 3 rings (SSSR count). The lowest BCUT2D eigenvalue weighted by molar-refractivity contribution is -0.125. The van der Waals surface area contributed by atoms with Crippen molar-refractivity contribution in [2.45, 2.75) is 13.0 Å². The average Bonchev–Trinajstić information content (AvgIpc) is 3.11. The Hall–Kier alpha value is -1.96. The van der Waals surface area contributed by atoms with E-state index in [1.54, 1.807) is 36.4 Å². The van der Waals surface area contributed by atoms with Crippen LogP contribution in [0.1, 0.15) is 18.5 Å². The molecule has 1 aliphatic rings. The molecule has 0 bridgehead atoms. The molecule has 1 aromatic heterocycles. The highest BCUT2D eigenvalue weighted by Crippen LogP contribution is 2.36. The van der Waals surface area contributed by atoms with Crippen LogP contribution in [0, 0.1) is 5.82 Å². The Bertz CT molecular complexity index is 896. The molecule has 2 aromatic rings. The summed E-state index contributed by atoms with van der Waals surface area (Å²) in [5.41, 5.74) is 2.84. The number of halogens is 2. The van der Waals surface area contributed by atoms with Gasteiger partial charge in [-0.2, -0.15) is 11.3 Å². The molecule has 26 heavy (non-hydrogen) atoms. The van der Waals surface area contributed by atoms with Gasteiger partial charge >= 0.3 is 0 Å². The predicted octanol–water partition coefficient (Wildman–Crippen LogP) is 4.34. The Morgan fingerprint density at radius 1 is 1.38 bits per heavy atom. The number of benzene rings is 1. The van der Waals surface area contributed by atoms with E-state index < -0.39 is 5.82 Å². The summed E-state index contributed by atoms with van der Waals surface area (Å²) in [5, 5.41) is 7.61. The van der Waals surface area contributed by atoms with Gasteiger partial charge < -0.3 is 10.2 Å². The van der Waals surface area contributed by atoms with Crippen molar-refractivity contribution < 1.29 is 9.18 Å². The lowest BCUT2D eigenvalue weighted by Crippen LogP contribution is -2.49. The third kappa shape index (κ3) is 3.34. The fourth-order valence-electron chi connectivity index (χ4n) is 2.89. The van der Waals surface area contributed by atoms with Gasteiger partial charge in [0, 0.05) is 25.5 Å². The second kappa shape index (κ2) is 7.34. The van der Waals surface area contributed by atoms with Gasteiger partial charge in [0.25, 0.3) is 5.91 Å². The van der Waals surface area contributed by atoms with Gasteiger partial charge in [-0.25, -0.2) is 4.39 Å². The molecule has 1 N–H and O–H groups in total. The maximum Gasteiger partial charge on any atom is 0.253 e. The largest absolute Gasteiger partial charge is 0.351 e. The number of allylic oxidation sites excluding steroid dienone is 1. The minimum atomic E-state index is -0.506. The first-order chi connectivity index (χ1) is 12.3. The molecule has 4 nitrogen and oxygen atoms in total. The lowest BCUT2D eigenvalue weighted by Gasteiger charge is -2.38. The molecule has 136 valence electrons. The summed E-state index contributed by atoms with van der Waals surface area (Å²) >= 11 is 13.0. The van der Waals surface area contributed by atoms with Crippen molar-refractivity contribution >= 4 is 51.9 Å². The quantitative estimate of drug-likeness (QED) is 0.765. The minimum Gasteiger partial charge on any atom is -0.351 e. The van der Waals surface area contributed by atoms with E-state index in [1.807, 2.05) is 23.8 Å². The highest BCUT2D eigenvalue weighted by Gasteiger charge is 2.35. The number of hydrogen-bond acceptors (Lipinski definition) is 3. The molecule has 0 fully saturated rings. The van der Waals surface area contributed by atoms with Gasteiger partial charge in [0.05, 0.1) is 16.6 Å². The minimum absolute atomic E-state index is 0.00135. The van der Waals surface area contributed by atoms with E-state index >= 15 is 0 Å². The van der Waals surface area contributed by atoms with Crippen molar-refractivity contribution in [3.63, 3.8) is 0 Å². The van der Waals surface area contributed by atoms with E-state index in [-0.39, 0.29) is 17.0 Å². The van der Waals surface area contributed by atoms with Crippen LogP contribution in [-0.2, 0) is 4.79 Å². The van der Waals surface area contributed by atoms with E-state index in [1.165, 1.54) is 17.0 Å². The van der Waals surface area contributed by atoms with Crippen LogP contribution in [0.4, 0.5) is 10.1 Å². The van der Waals surface area contributed by atoms with Crippen molar-refractivity contribution in [3.8, 4) is 0 Å². The van der Waals surface area contributed by atoms with E-state index in [2.05, 4.69) is 5.32 Å². The van der Waals surface area contributed by atoms with Crippen molar-refractivity contribution in [1.29, 1.82) is 0 Å². The van der Waals surface area contributed by atoms with Gasteiger partial charge in [-0.3, -0.25) is 9.69 Å². The van der Waals surface area contributed by atoms with Gasteiger partial charge in [0.15, 0.2) is 5.11 Å². The Labute approximate surface area is 165 Å². The molecule has 0 saturated carbocycles. The highest BCUT2D eigenvalue weighted by molar-refractivity contribution is 7.80. The van der Waals surface area contributed by atoms with Crippen LogP contribution in [-0.4, -0.2) is 30.0 Å². The first kappa shape index (κ1) is 18.8. The summed E-state index contributed by atoms with van der Waals surface area (Å²) < 4.78 is 13.5. The van der Waals surface area contributed by atoms with Gasteiger partial charge in [0.2, 0.25) is 0 Å². The van der Waals surface area contributed by atoms with E-state index in [0.29, 0.717) is 22.1 Å². The summed E-state index contributed by atoms with van der Waals surface area (Å²) in [7, 11) is 3.42. The fourth-order valence-corrected chi connectivity index (χ4v) is 4.11. The topological polar surface area (TPSA) is 35.6 Å². The normalized spacial score (nSPS) is 17.3. The molecule has 0 saturated heterocycles. The standard InChI is InChI=1S/C18H17ClFN3OS2/c1-10-15(17(24)22(2)3)16(11-6-7-26-9-11)21-18(25)23(10)12-4-5-14(20)13(19)8-12/h4-9,16H,1-3H3,(H,21,25). The number of amides is 1. The number of nitrogens with zero attached hydrogens (tertiary/aromatic N) is 2. The molecule has 1 atom stereocenters. The van der Waals surface area contributed by atoms with Crippen LogP contribution in [0.2, 0.25) is 5.02 Å². The molecule has 8 heteroatoms. The van der Waals surface area contributed by atoms with E-state index in [4.69, 9.17) is 23.8 Å². The molecule has 2 heterocycles. The molecule has 1 aromatic carbocycles. The van der Waals surface area contributed by atoms with Crippen LogP contribution in [0.3, 0.4) is 0 Å². The molecule has 0 radical (unpaired) electrons. The van der Waals surface area contributed by atoms with Crippen LogP contribution in [0.5, 0.6) is 0 Å². The smallest absolute Gasteiger partial charge is 0.253 e. The second-order valence-corrected chi connectivity index (χ2v) is 7.65. The summed E-state index contributed by atoms with van der Waals surface area (Å²) in [5.74, 6) is -0.624. The van der Waals surface area contributed by atoms with Gasteiger partial charge in [-0.15, -0.1) is 0 Å². The predicted molar refractivity (Wildman–Crippen MR) is 108 cm³/mol. The lowest BCUT2D eigenvalue weighted by atomic mass is 9.95. The Morgan fingerprint density at radius 2 is 2.12 bits per heavy atom. The third-order valence-electron chi connectivity index (χ3n) is 4.16. The number of likely N-dealkylation sites (N-methyl/N-ethyl adjacent to an activating group) is 1. The number of carbonyl (C=O) groups excluding carboxylic acids is 1. The summed E-state index contributed by atoms with van der Waals surface area (Å²) in [6.07, 6.45) is 0. The maximum absolute atomic E-state index is 13.5. The Balaban J connectivity index is 2.16. The maximum atomic E-state index is 13.5. The van der Waals surface area contributed by atoms with Crippen molar-refractivity contribution in [2.75, 3.05) is 19.0 Å². The third-order valence-corrected chi connectivity index (χ3v) is 5.45.